The van der Waals surface area contributed by atoms with E-state index in [9.17, 15) is 18.3 Å². The van der Waals surface area contributed by atoms with Gasteiger partial charge in [-0.3, -0.25) is 4.79 Å². The summed E-state index contributed by atoms with van der Waals surface area (Å²) in [5, 5.41) is 17.1. The van der Waals surface area contributed by atoms with Gasteiger partial charge in [-0.2, -0.15) is 0 Å². The largest absolute Gasteiger partial charge is 0.394 e. The summed E-state index contributed by atoms with van der Waals surface area (Å²) >= 11 is 0. The Morgan fingerprint density at radius 3 is 2.52 bits per heavy atom. The number of nitrogens with one attached hydrogen (secondary N) is 2. The molecule has 1 aromatic carbocycles. The molecule has 0 spiro atoms. The zero-order chi connectivity index (χ0) is 24.0. The minimum absolute atomic E-state index is 0.0805. The highest BCUT2D eigenvalue weighted by molar-refractivity contribution is 7.91. The van der Waals surface area contributed by atoms with Crippen molar-refractivity contribution in [2.75, 3.05) is 17.7 Å². The summed E-state index contributed by atoms with van der Waals surface area (Å²) in [6.07, 6.45) is 3.93. The summed E-state index contributed by atoms with van der Waals surface area (Å²) in [6.45, 7) is 6.90. The summed E-state index contributed by atoms with van der Waals surface area (Å²) in [5.41, 5.74) is 1.50. The minimum Gasteiger partial charge on any atom is -0.394 e. The van der Waals surface area contributed by atoms with Gasteiger partial charge in [-0.25, -0.2) is 8.42 Å². The molecule has 8 nitrogen and oxygen atoms in total. The molecule has 0 atom stereocenters. The predicted octanol–water partition coefficient (Wildman–Crippen LogP) is 3.95. The molecular weight excluding hydrogens is 442 g/mol. The number of aromatic amines is 1. The molecule has 1 aliphatic carbocycles. The Hall–Kier alpha value is -2.65. The highest BCUT2D eigenvalue weighted by Crippen LogP contribution is 2.36. The fourth-order valence-corrected chi connectivity index (χ4v) is 6.59. The average Bonchev–Trinajstić information content (AvgIpc) is 3.36. The van der Waals surface area contributed by atoms with Gasteiger partial charge in [0.1, 0.15) is 11.4 Å². The molecule has 178 valence electrons. The Morgan fingerprint density at radius 2 is 1.91 bits per heavy atom. The Morgan fingerprint density at radius 1 is 1.21 bits per heavy atom. The summed E-state index contributed by atoms with van der Waals surface area (Å²) in [6, 6.07) is 5.00. The molecule has 0 amide bonds. The number of aliphatic hydroxyl groups excluding tert-OH is 1. The van der Waals surface area contributed by atoms with Crippen LogP contribution in [0.3, 0.4) is 0 Å². The number of pyridine rings is 1. The number of aryl methyl sites for hydroxylation is 2. The third kappa shape index (κ3) is 4.70. The maximum Gasteiger partial charge on any atom is 0.271 e. The van der Waals surface area contributed by atoms with E-state index in [4.69, 9.17) is 4.52 Å². The lowest BCUT2D eigenvalue weighted by Crippen LogP contribution is -2.37. The van der Waals surface area contributed by atoms with Crippen LogP contribution in [0.25, 0.3) is 22.0 Å². The summed E-state index contributed by atoms with van der Waals surface area (Å²) in [4.78, 5) is 15.8. The highest BCUT2D eigenvalue weighted by atomic mass is 32.2. The molecule has 33 heavy (non-hydrogen) atoms. The molecule has 0 bridgehead atoms. The average molecular weight is 474 g/mol. The van der Waals surface area contributed by atoms with Crippen LogP contribution in [-0.2, 0) is 9.84 Å². The number of aliphatic hydroxyl groups is 1. The van der Waals surface area contributed by atoms with Crippen molar-refractivity contribution < 1.29 is 18.0 Å². The van der Waals surface area contributed by atoms with Crippen LogP contribution in [0, 0.1) is 19.8 Å². The Labute approximate surface area is 193 Å². The molecule has 3 N–H and O–H groups in total. The predicted molar refractivity (Wildman–Crippen MR) is 128 cm³/mol. The lowest BCUT2D eigenvalue weighted by Gasteiger charge is -2.24. The number of hydrogen-bond donors (Lipinski definition) is 3. The first kappa shape index (κ1) is 23.5. The van der Waals surface area contributed by atoms with Crippen molar-refractivity contribution >= 4 is 26.4 Å². The van der Waals surface area contributed by atoms with Crippen molar-refractivity contribution in [3.05, 3.63) is 40.0 Å². The van der Waals surface area contributed by atoms with E-state index in [0.29, 0.717) is 27.9 Å². The van der Waals surface area contributed by atoms with E-state index in [1.165, 1.54) is 0 Å². The molecular formula is C24H31N3O5S. The van der Waals surface area contributed by atoms with Gasteiger partial charge in [-0.15, -0.1) is 0 Å². The van der Waals surface area contributed by atoms with Crippen LogP contribution >= 0.6 is 0 Å². The van der Waals surface area contributed by atoms with Crippen molar-refractivity contribution in [1.82, 2.24) is 10.1 Å². The molecule has 0 saturated heterocycles. The van der Waals surface area contributed by atoms with Gasteiger partial charge in [0.2, 0.25) is 0 Å². The summed E-state index contributed by atoms with van der Waals surface area (Å²) in [7, 11) is -3.64. The van der Waals surface area contributed by atoms with Crippen LogP contribution in [0.5, 0.6) is 0 Å². The second-order valence-electron chi connectivity index (χ2n) is 9.75. The third-order valence-corrected chi connectivity index (χ3v) is 8.30. The van der Waals surface area contributed by atoms with Gasteiger partial charge in [-0.05, 0) is 70.2 Å². The van der Waals surface area contributed by atoms with Crippen molar-refractivity contribution in [2.24, 2.45) is 5.92 Å². The number of hydrogen-bond acceptors (Lipinski definition) is 7. The molecule has 1 fully saturated rings. The summed E-state index contributed by atoms with van der Waals surface area (Å²) < 4.78 is 32.6. The Kier molecular flexibility index (Phi) is 6.13. The topological polar surface area (TPSA) is 125 Å². The van der Waals surface area contributed by atoms with Gasteiger partial charge in [0.05, 0.1) is 34.0 Å². The zero-order valence-electron chi connectivity index (χ0n) is 19.5. The van der Waals surface area contributed by atoms with Crippen LogP contribution in [-0.4, -0.2) is 41.6 Å². The van der Waals surface area contributed by atoms with Gasteiger partial charge in [0.15, 0.2) is 9.84 Å². The SMILES string of the molecule is Cc1noc(C)c1-c1cc(S(=O)(=O)CC2CCCC2)c2cc(NC(C)(C)CO)c(=O)[nH]c2c1. The Balaban J connectivity index is 1.95. The monoisotopic (exact) mass is 473 g/mol. The van der Waals surface area contributed by atoms with Crippen molar-refractivity contribution in [1.29, 1.82) is 0 Å². The number of fused-ring (bicyclic) bond motifs is 1. The van der Waals surface area contributed by atoms with Crippen molar-refractivity contribution in [3.63, 3.8) is 0 Å². The van der Waals surface area contributed by atoms with Gasteiger partial charge >= 0.3 is 0 Å². The van der Waals surface area contributed by atoms with Crippen LogP contribution in [0.2, 0.25) is 0 Å². The molecule has 0 unspecified atom stereocenters. The number of benzene rings is 1. The number of sulfone groups is 1. The normalized spacial score (nSPS) is 15.4. The van der Waals surface area contributed by atoms with Crippen LogP contribution in [0.15, 0.2) is 32.4 Å². The van der Waals surface area contributed by atoms with Crippen LogP contribution in [0.4, 0.5) is 5.69 Å². The molecule has 0 radical (unpaired) electrons. The fourth-order valence-electron chi connectivity index (χ4n) is 4.65. The first-order valence-electron chi connectivity index (χ1n) is 11.3. The van der Waals surface area contributed by atoms with E-state index in [1.807, 2.05) is 0 Å². The van der Waals surface area contributed by atoms with Crippen LogP contribution in [0.1, 0.15) is 51.0 Å². The van der Waals surface area contributed by atoms with Crippen molar-refractivity contribution in [3.8, 4) is 11.1 Å². The van der Waals surface area contributed by atoms with Gasteiger partial charge < -0.3 is 19.9 Å². The maximum absolute atomic E-state index is 13.6. The zero-order valence-corrected chi connectivity index (χ0v) is 20.3. The van der Waals surface area contributed by atoms with Crippen molar-refractivity contribution in [2.45, 2.75) is 63.8 Å². The summed E-state index contributed by atoms with van der Waals surface area (Å²) in [5.74, 6) is 0.801. The van der Waals surface area contributed by atoms with E-state index in [2.05, 4.69) is 15.5 Å². The number of H-pyrrole nitrogens is 1. The number of rotatable bonds is 7. The second-order valence-corrected chi connectivity index (χ2v) is 11.7. The van der Waals surface area contributed by atoms with E-state index >= 15 is 0 Å². The quantitative estimate of drug-likeness (QED) is 0.474. The lowest BCUT2D eigenvalue weighted by atomic mass is 10.0. The molecule has 0 aliphatic heterocycles. The maximum atomic E-state index is 13.6. The molecule has 4 rings (SSSR count). The van der Waals surface area contributed by atoms with Gasteiger partial charge in [0, 0.05) is 10.9 Å². The molecule has 1 aliphatic rings. The Bertz CT molecular complexity index is 1330. The van der Waals surface area contributed by atoms with Crippen LogP contribution < -0.4 is 10.9 Å². The molecule has 3 aromatic rings. The first-order valence-corrected chi connectivity index (χ1v) is 12.9. The highest BCUT2D eigenvalue weighted by Gasteiger charge is 2.28. The van der Waals surface area contributed by atoms with E-state index in [0.717, 1.165) is 31.2 Å². The third-order valence-electron chi connectivity index (χ3n) is 6.38. The standard InChI is InChI=1S/C24H31N3O5S/c1-14-22(15(2)32-27-14)17-9-19-18(11-20(23(29)25-19)26-24(3,4)13-28)21(10-17)33(30,31)12-16-7-5-6-8-16/h9-11,16,26,28H,5-8,12-13H2,1-4H3,(H,25,29). The molecule has 2 heterocycles. The van der Waals surface area contributed by atoms with Gasteiger partial charge in [0.25, 0.3) is 5.56 Å². The lowest BCUT2D eigenvalue weighted by molar-refractivity contribution is 0.234. The van der Waals surface area contributed by atoms with Gasteiger partial charge in [-0.1, -0.05) is 18.0 Å². The van der Waals surface area contributed by atoms with E-state index in [-0.39, 0.29) is 34.4 Å². The minimum atomic E-state index is -3.64. The number of nitrogens with zero attached hydrogens (tertiary/aromatic N) is 1. The van der Waals surface area contributed by atoms with E-state index in [1.54, 1.807) is 45.9 Å². The first-order chi connectivity index (χ1) is 15.5. The molecule has 1 saturated carbocycles. The number of aromatic nitrogens is 2. The number of anilines is 1. The molecule has 2 aromatic heterocycles. The smallest absolute Gasteiger partial charge is 0.271 e. The second kappa shape index (κ2) is 8.61. The molecule has 9 heteroatoms. The van der Waals surface area contributed by atoms with E-state index < -0.39 is 15.4 Å². The fraction of sp³-hybridized carbons (Fsp3) is 0.500.